The summed E-state index contributed by atoms with van der Waals surface area (Å²) in [6.45, 7) is 10.4. The van der Waals surface area contributed by atoms with Crippen molar-refractivity contribution in [3.8, 4) is 11.5 Å². The molecule has 0 unspecified atom stereocenters. The first-order valence-electron chi connectivity index (χ1n) is 8.91. The summed E-state index contributed by atoms with van der Waals surface area (Å²) in [5, 5.41) is -0.0481. The van der Waals surface area contributed by atoms with E-state index in [9.17, 15) is 13.2 Å². The molecule has 0 spiro atoms. The Kier molecular flexibility index (Phi) is 6.37. The summed E-state index contributed by atoms with van der Waals surface area (Å²) in [5.41, 5.74) is 0.330. The second kappa shape index (κ2) is 8.06. The molecule has 0 heterocycles. The van der Waals surface area contributed by atoms with Crippen LogP contribution in [0.3, 0.4) is 0 Å². The van der Waals surface area contributed by atoms with Gasteiger partial charge < -0.3 is 9.16 Å². The van der Waals surface area contributed by atoms with Crippen molar-refractivity contribution in [2.45, 2.75) is 43.8 Å². The Morgan fingerprint density at radius 3 is 2.18 bits per heavy atom. The normalized spacial score (nSPS) is 12.5. The van der Waals surface area contributed by atoms with Gasteiger partial charge in [0.1, 0.15) is 10.6 Å². The van der Waals surface area contributed by atoms with E-state index in [0.717, 1.165) is 0 Å². The molecular weight excluding hydrogens is 394 g/mol. The minimum absolute atomic E-state index is 0.0481. The molecule has 8 heteroatoms. The van der Waals surface area contributed by atoms with E-state index in [2.05, 4.69) is 38.6 Å². The van der Waals surface area contributed by atoms with Crippen molar-refractivity contribution in [3.05, 3.63) is 54.1 Å². The van der Waals surface area contributed by atoms with Crippen LogP contribution in [-0.2, 0) is 10.0 Å². The van der Waals surface area contributed by atoms with E-state index in [4.69, 9.17) is 9.16 Å². The van der Waals surface area contributed by atoms with Gasteiger partial charge in [-0.15, -0.1) is 0 Å². The number of carbonyl (C=O) groups is 1. The molecule has 0 amide bonds. The van der Waals surface area contributed by atoms with E-state index in [1.54, 1.807) is 36.4 Å². The van der Waals surface area contributed by atoms with Crippen LogP contribution in [-0.4, -0.2) is 29.8 Å². The van der Waals surface area contributed by atoms with Gasteiger partial charge in [0.25, 0.3) is 0 Å². The van der Waals surface area contributed by atoms with Gasteiger partial charge in [-0.2, -0.15) is 0 Å². The summed E-state index contributed by atoms with van der Waals surface area (Å²) in [6.07, 6.45) is 0. The van der Waals surface area contributed by atoms with Crippen molar-refractivity contribution in [3.63, 3.8) is 0 Å². The highest BCUT2D eigenvalue weighted by atomic mass is 32.2. The van der Waals surface area contributed by atoms with Crippen LogP contribution in [0.25, 0.3) is 0 Å². The van der Waals surface area contributed by atoms with Gasteiger partial charge in [0.05, 0.1) is 5.56 Å². The van der Waals surface area contributed by atoms with E-state index in [1.807, 2.05) is 0 Å². The number of rotatable bonds is 6. The molecular formula is C20H27NO5SSi. The highest BCUT2D eigenvalue weighted by molar-refractivity contribution is 7.89. The van der Waals surface area contributed by atoms with Crippen molar-refractivity contribution in [2.75, 3.05) is 7.05 Å². The third-order valence-electron chi connectivity index (χ3n) is 4.86. The van der Waals surface area contributed by atoms with Crippen molar-refractivity contribution in [1.29, 1.82) is 0 Å². The van der Waals surface area contributed by atoms with Crippen molar-refractivity contribution < 1.29 is 22.4 Å². The van der Waals surface area contributed by atoms with Crippen molar-refractivity contribution in [2.24, 2.45) is 0 Å². The average Bonchev–Trinajstić information content (AvgIpc) is 2.62. The highest BCUT2D eigenvalue weighted by Crippen LogP contribution is 2.38. The largest absolute Gasteiger partial charge is 0.543 e. The van der Waals surface area contributed by atoms with Gasteiger partial charge in [-0.25, -0.2) is 17.9 Å². The molecule has 1 N–H and O–H groups in total. The van der Waals surface area contributed by atoms with Gasteiger partial charge in [-0.05, 0) is 49.4 Å². The maximum absolute atomic E-state index is 12.5. The van der Waals surface area contributed by atoms with Crippen LogP contribution < -0.4 is 13.9 Å². The Labute approximate surface area is 168 Å². The molecule has 0 aliphatic rings. The summed E-state index contributed by atoms with van der Waals surface area (Å²) in [6, 6.07) is 12.9. The summed E-state index contributed by atoms with van der Waals surface area (Å²) in [7, 11) is -4.72. The first-order chi connectivity index (χ1) is 12.9. The van der Waals surface area contributed by atoms with Crippen LogP contribution in [0.4, 0.5) is 0 Å². The predicted molar refractivity (Wildman–Crippen MR) is 112 cm³/mol. The third kappa shape index (κ3) is 5.01. The Balaban J connectivity index is 2.43. The molecule has 0 saturated carbocycles. The van der Waals surface area contributed by atoms with Gasteiger partial charge in [-0.3, -0.25) is 0 Å². The number of carbonyl (C=O) groups excluding carboxylic acids is 1. The fourth-order valence-electron chi connectivity index (χ4n) is 2.14. The third-order valence-corrected chi connectivity index (χ3v) is 10.7. The molecule has 0 radical (unpaired) electrons. The smallest absolute Gasteiger partial charge is 0.343 e. The zero-order valence-electron chi connectivity index (χ0n) is 17.1. The van der Waals surface area contributed by atoms with Crippen molar-refractivity contribution in [1.82, 2.24) is 4.72 Å². The number of ether oxygens (including phenoxy) is 1. The Morgan fingerprint density at radius 1 is 1.04 bits per heavy atom. The zero-order chi connectivity index (χ0) is 21.2. The van der Waals surface area contributed by atoms with E-state index < -0.39 is 24.3 Å². The molecule has 0 aliphatic carbocycles. The fourth-order valence-corrected chi connectivity index (χ4v) is 4.03. The van der Waals surface area contributed by atoms with Gasteiger partial charge in [0.15, 0.2) is 5.75 Å². The first kappa shape index (κ1) is 22.1. The zero-order valence-corrected chi connectivity index (χ0v) is 18.9. The van der Waals surface area contributed by atoms with E-state index in [1.165, 1.54) is 19.2 Å². The van der Waals surface area contributed by atoms with E-state index in [-0.39, 0.29) is 15.7 Å². The highest BCUT2D eigenvalue weighted by Gasteiger charge is 2.39. The first-order valence-corrected chi connectivity index (χ1v) is 13.3. The van der Waals surface area contributed by atoms with Crippen LogP contribution in [0, 0.1) is 0 Å². The van der Waals surface area contributed by atoms with Gasteiger partial charge in [-0.1, -0.05) is 39.0 Å². The number of esters is 1. The number of hydrogen-bond acceptors (Lipinski definition) is 5. The fraction of sp³-hybridized carbons (Fsp3) is 0.350. The van der Waals surface area contributed by atoms with E-state index in [0.29, 0.717) is 11.3 Å². The summed E-state index contributed by atoms with van der Waals surface area (Å²) in [5.74, 6) is -0.253. The molecule has 6 nitrogen and oxygen atoms in total. The topological polar surface area (TPSA) is 81.7 Å². The van der Waals surface area contributed by atoms with Crippen LogP contribution in [0.2, 0.25) is 18.1 Å². The molecule has 0 saturated heterocycles. The second-order valence-corrected chi connectivity index (χ2v) is 14.5. The molecule has 0 bridgehead atoms. The quantitative estimate of drug-likeness (QED) is 0.429. The minimum Gasteiger partial charge on any atom is -0.543 e. The monoisotopic (exact) mass is 421 g/mol. The summed E-state index contributed by atoms with van der Waals surface area (Å²) in [4.78, 5) is 12.2. The van der Waals surface area contributed by atoms with Gasteiger partial charge in [0, 0.05) is 6.07 Å². The lowest BCUT2D eigenvalue weighted by molar-refractivity contribution is 0.0730. The number of benzene rings is 2. The van der Waals surface area contributed by atoms with Gasteiger partial charge >= 0.3 is 5.97 Å². The number of hydrogen-bond donors (Lipinski definition) is 1. The molecule has 0 fully saturated rings. The minimum atomic E-state index is -3.86. The standard InChI is InChI=1S/C20H27NO5SSi/c1-20(2,3)28(5,6)26-16-12-13-17(18(14-16)27(23,24)21-4)25-19(22)15-10-8-7-9-11-15/h7-14,21H,1-6H3. The van der Waals surface area contributed by atoms with Crippen LogP contribution in [0.1, 0.15) is 31.1 Å². The lowest BCUT2D eigenvalue weighted by Gasteiger charge is -2.36. The Bertz CT molecular complexity index is 950. The molecule has 152 valence electrons. The molecule has 2 rings (SSSR count). The summed E-state index contributed by atoms with van der Waals surface area (Å²) >= 11 is 0. The molecule has 28 heavy (non-hydrogen) atoms. The molecule has 2 aromatic rings. The predicted octanol–water partition coefficient (Wildman–Crippen LogP) is 4.20. The number of sulfonamides is 1. The lowest BCUT2D eigenvalue weighted by Crippen LogP contribution is -2.43. The molecule has 0 atom stereocenters. The molecule has 2 aromatic carbocycles. The van der Waals surface area contributed by atoms with Crippen molar-refractivity contribution >= 4 is 24.3 Å². The maximum Gasteiger partial charge on any atom is 0.343 e. The van der Waals surface area contributed by atoms with Crippen LogP contribution >= 0.6 is 0 Å². The Hall–Kier alpha value is -2.16. The SMILES string of the molecule is CNS(=O)(=O)c1cc(O[Si](C)(C)C(C)(C)C)ccc1OC(=O)c1ccccc1. The Morgan fingerprint density at radius 2 is 1.64 bits per heavy atom. The van der Waals surface area contributed by atoms with Crippen LogP contribution in [0.5, 0.6) is 11.5 Å². The van der Waals surface area contributed by atoms with Crippen LogP contribution in [0.15, 0.2) is 53.4 Å². The molecule has 0 aliphatic heterocycles. The summed E-state index contributed by atoms with van der Waals surface area (Å²) < 4.78 is 38.9. The van der Waals surface area contributed by atoms with E-state index >= 15 is 0 Å². The average molecular weight is 422 g/mol. The maximum atomic E-state index is 12.5. The second-order valence-electron chi connectivity index (χ2n) is 7.93. The van der Waals surface area contributed by atoms with Gasteiger partial charge in [0.2, 0.25) is 18.3 Å². The lowest BCUT2D eigenvalue weighted by atomic mass is 10.2. The molecule has 0 aromatic heterocycles. The number of nitrogens with one attached hydrogen (secondary N) is 1.